The van der Waals surface area contributed by atoms with Crippen molar-refractivity contribution in [3.8, 4) is 0 Å². The van der Waals surface area contributed by atoms with E-state index in [1.165, 1.54) is 0 Å². The zero-order valence-electron chi connectivity index (χ0n) is 12.8. The van der Waals surface area contributed by atoms with Crippen molar-refractivity contribution in [1.29, 1.82) is 0 Å². The van der Waals surface area contributed by atoms with E-state index in [1.807, 2.05) is 0 Å². The predicted octanol–water partition coefficient (Wildman–Crippen LogP) is 1.02. The van der Waals surface area contributed by atoms with Crippen LogP contribution >= 0.6 is 0 Å². The average molecular weight is 377 g/mol. The van der Waals surface area contributed by atoms with Gasteiger partial charge in [0, 0.05) is 13.1 Å². The summed E-state index contributed by atoms with van der Waals surface area (Å²) in [5.74, 6) is -0.451. The molecule has 2 saturated heterocycles. The van der Waals surface area contributed by atoms with Gasteiger partial charge in [0.1, 0.15) is 0 Å². The molecule has 0 spiro atoms. The van der Waals surface area contributed by atoms with Gasteiger partial charge in [-0.3, -0.25) is 9.69 Å². The molecule has 0 radical (unpaired) electrons. The van der Waals surface area contributed by atoms with E-state index in [4.69, 9.17) is 0 Å². The van der Waals surface area contributed by atoms with Gasteiger partial charge in [0.2, 0.25) is 15.9 Å². The number of nitrogens with one attached hydrogen (secondary N) is 1. The van der Waals surface area contributed by atoms with Crippen LogP contribution in [0.2, 0.25) is 0 Å². The fraction of sp³-hybridized carbons (Fsp3) is 0.429. The summed E-state index contributed by atoms with van der Waals surface area (Å²) in [6, 6.07) is 2.27. The van der Waals surface area contributed by atoms with Crippen molar-refractivity contribution in [2.75, 3.05) is 19.6 Å². The second kappa shape index (κ2) is 5.99. The van der Waals surface area contributed by atoms with Gasteiger partial charge in [-0.25, -0.2) is 13.2 Å². The van der Waals surface area contributed by atoms with Crippen LogP contribution in [0.4, 0.5) is 18.0 Å². The number of carbonyl (C=O) groups excluding carboxylic acids is 2. The van der Waals surface area contributed by atoms with E-state index >= 15 is 0 Å². The number of hydrogen-bond acceptors (Lipinski definition) is 4. The largest absolute Gasteiger partial charge is 0.416 e. The third-order valence-electron chi connectivity index (χ3n) is 4.17. The molecule has 1 aromatic rings. The second-order valence-electron chi connectivity index (χ2n) is 5.75. The van der Waals surface area contributed by atoms with Crippen LogP contribution in [0.1, 0.15) is 12.0 Å². The van der Waals surface area contributed by atoms with Gasteiger partial charge in [0.15, 0.2) is 0 Å². The quantitative estimate of drug-likeness (QED) is 0.797. The van der Waals surface area contributed by atoms with Gasteiger partial charge < -0.3 is 5.32 Å². The SMILES string of the molecule is O=C1CNC(=O)N1C1CCN(S(=O)(=O)c2cccc(C(F)(F)F)c2)C1. The summed E-state index contributed by atoms with van der Waals surface area (Å²) in [5, 5.41) is 2.35. The van der Waals surface area contributed by atoms with Gasteiger partial charge in [-0.05, 0) is 24.6 Å². The first-order valence-electron chi connectivity index (χ1n) is 7.38. The standard InChI is InChI=1S/C14H14F3N3O4S/c15-14(16,17)9-2-1-3-11(6-9)25(23,24)19-5-4-10(8-19)20-12(21)7-18-13(20)22/h1-3,6,10H,4-5,7-8H2,(H,18,22). The van der Waals surface area contributed by atoms with E-state index in [1.54, 1.807) is 0 Å². The number of imide groups is 1. The Kier molecular flexibility index (Phi) is 4.23. The fourth-order valence-electron chi connectivity index (χ4n) is 2.93. The van der Waals surface area contributed by atoms with Crippen molar-refractivity contribution in [3.05, 3.63) is 29.8 Å². The number of rotatable bonds is 3. The molecule has 136 valence electrons. The highest BCUT2D eigenvalue weighted by Crippen LogP contribution is 2.32. The van der Waals surface area contributed by atoms with Gasteiger partial charge in [-0.15, -0.1) is 0 Å². The van der Waals surface area contributed by atoms with Crippen LogP contribution in [-0.4, -0.2) is 55.2 Å². The van der Waals surface area contributed by atoms with Gasteiger partial charge in [-0.2, -0.15) is 17.5 Å². The van der Waals surface area contributed by atoms with Crippen LogP contribution < -0.4 is 5.32 Å². The van der Waals surface area contributed by atoms with Crippen molar-refractivity contribution in [2.24, 2.45) is 0 Å². The highest BCUT2D eigenvalue weighted by atomic mass is 32.2. The van der Waals surface area contributed by atoms with Crippen LogP contribution in [0.5, 0.6) is 0 Å². The minimum absolute atomic E-state index is 0.0142. The first-order valence-corrected chi connectivity index (χ1v) is 8.82. The minimum Gasteiger partial charge on any atom is -0.329 e. The molecule has 1 N–H and O–H groups in total. The highest BCUT2D eigenvalue weighted by molar-refractivity contribution is 7.89. The summed E-state index contributed by atoms with van der Waals surface area (Å²) in [7, 11) is -4.16. The van der Waals surface area contributed by atoms with Crippen molar-refractivity contribution in [1.82, 2.24) is 14.5 Å². The molecule has 7 nitrogen and oxygen atoms in total. The summed E-state index contributed by atoms with van der Waals surface area (Å²) in [4.78, 5) is 23.9. The number of hydrogen-bond donors (Lipinski definition) is 1. The lowest BCUT2D eigenvalue weighted by atomic mass is 10.2. The monoisotopic (exact) mass is 377 g/mol. The van der Waals surface area contributed by atoms with Crippen molar-refractivity contribution < 1.29 is 31.2 Å². The lowest BCUT2D eigenvalue weighted by Crippen LogP contribution is -2.42. The van der Waals surface area contributed by atoms with E-state index in [2.05, 4.69) is 5.32 Å². The van der Waals surface area contributed by atoms with E-state index < -0.39 is 44.6 Å². The number of sulfonamides is 1. The lowest BCUT2D eigenvalue weighted by molar-refractivity contribution is -0.137. The van der Waals surface area contributed by atoms with Crippen LogP contribution in [0.25, 0.3) is 0 Å². The van der Waals surface area contributed by atoms with E-state index in [-0.39, 0.29) is 26.1 Å². The van der Waals surface area contributed by atoms with Crippen molar-refractivity contribution in [2.45, 2.75) is 23.5 Å². The van der Waals surface area contributed by atoms with Crippen LogP contribution in [0.15, 0.2) is 29.2 Å². The molecule has 25 heavy (non-hydrogen) atoms. The molecule has 0 aliphatic carbocycles. The first-order chi connectivity index (χ1) is 11.6. The molecular formula is C14H14F3N3O4S. The first kappa shape index (κ1) is 17.7. The van der Waals surface area contributed by atoms with E-state index in [0.29, 0.717) is 6.07 Å². The lowest BCUT2D eigenvalue weighted by Gasteiger charge is -2.21. The maximum atomic E-state index is 12.8. The topological polar surface area (TPSA) is 86.8 Å². The number of amides is 3. The Balaban J connectivity index is 1.82. The Hall–Kier alpha value is -2.14. The summed E-state index contributed by atoms with van der Waals surface area (Å²) in [5.41, 5.74) is -1.06. The van der Waals surface area contributed by atoms with Crippen LogP contribution in [0, 0.1) is 0 Å². The highest BCUT2D eigenvalue weighted by Gasteiger charge is 2.42. The minimum atomic E-state index is -4.65. The molecule has 0 bridgehead atoms. The predicted molar refractivity (Wildman–Crippen MR) is 78.9 cm³/mol. The molecule has 3 amide bonds. The molecule has 2 aliphatic rings. The average Bonchev–Trinajstić information content (AvgIpc) is 3.14. The number of carbonyl (C=O) groups is 2. The number of nitrogens with zero attached hydrogens (tertiary/aromatic N) is 2. The molecular weight excluding hydrogens is 363 g/mol. The number of halogens is 3. The number of urea groups is 1. The smallest absolute Gasteiger partial charge is 0.329 e. The summed E-state index contributed by atoms with van der Waals surface area (Å²) >= 11 is 0. The zero-order valence-corrected chi connectivity index (χ0v) is 13.6. The van der Waals surface area contributed by atoms with Crippen molar-refractivity contribution >= 4 is 22.0 Å². The van der Waals surface area contributed by atoms with Gasteiger partial charge in [-0.1, -0.05) is 6.07 Å². The maximum Gasteiger partial charge on any atom is 0.416 e. The third-order valence-corrected chi connectivity index (χ3v) is 6.03. The molecule has 3 rings (SSSR count). The number of benzene rings is 1. The molecule has 11 heteroatoms. The van der Waals surface area contributed by atoms with Crippen LogP contribution in [0.3, 0.4) is 0 Å². The van der Waals surface area contributed by atoms with Gasteiger partial charge in [0.25, 0.3) is 0 Å². The van der Waals surface area contributed by atoms with E-state index in [0.717, 1.165) is 27.4 Å². The molecule has 2 aliphatic heterocycles. The normalized spacial score (nSPS) is 22.5. The maximum absolute atomic E-state index is 12.8. The van der Waals surface area contributed by atoms with Crippen LogP contribution in [-0.2, 0) is 21.0 Å². The molecule has 1 atom stereocenters. The molecule has 2 heterocycles. The molecule has 0 aromatic heterocycles. The Bertz CT molecular complexity index is 809. The van der Waals surface area contributed by atoms with Gasteiger partial charge in [0.05, 0.1) is 23.0 Å². The Morgan fingerprint density at radius 3 is 2.52 bits per heavy atom. The molecule has 2 fully saturated rings. The fourth-order valence-corrected chi connectivity index (χ4v) is 4.46. The Morgan fingerprint density at radius 1 is 1.20 bits per heavy atom. The summed E-state index contributed by atoms with van der Waals surface area (Å²) < 4.78 is 64.5. The Labute approximate surface area is 141 Å². The third kappa shape index (κ3) is 3.21. The Morgan fingerprint density at radius 2 is 1.92 bits per heavy atom. The second-order valence-corrected chi connectivity index (χ2v) is 7.69. The van der Waals surface area contributed by atoms with Crippen molar-refractivity contribution in [3.63, 3.8) is 0 Å². The van der Waals surface area contributed by atoms with E-state index in [9.17, 15) is 31.2 Å². The molecule has 0 saturated carbocycles. The van der Waals surface area contributed by atoms with Gasteiger partial charge >= 0.3 is 12.2 Å². The molecule has 1 aromatic carbocycles. The molecule has 1 unspecified atom stereocenters. The summed E-state index contributed by atoms with van der Waals surface area (Å²) in [6.45, 7) is -0.270. The zero-order chi connectivity index (χ0) is 18.4. The number of alkyl halides is 3. The summed E-state index contributed by atoms with van der Waals surface area (Å²) in [6.07, 6.45) is -4.42.